The molecule has 26 heavy (non-hydrogen) atoms. The van der Waals surface area contributed by atoms with E-state index >= 15 is 0 Å². The standard InChI is InChI=1S/C19H22N2O2S3/c1-2-3-7-12-24-19-21-17-11-10-16(13-18(17)25-19)26(22,23)20-14-15-8-5-4-6-9-15/h4-6,8-11,13,20H,2-3,7,12,14H2,1H3. The highest BCUT2D eigenvalue weighted by atomic mass is 32.2. The maximum absolute atomic E-state index is 12.6. The van der Waals surface area contributed by atoms with Gasteiger partial charge < -0.3 is 0 Å². The van der Waals surface area contributed by atoms with Gasteiger partial charge in [-0.3, -0.25) is 0 Å². The Labute approximate surface area is 163 Å². The molecule has 1 aromatic heterocycles. The number of unbranched alkanes of at least 4 members (excludes halogenated alkanes) is 2. The minimum atomic E-state index is -3.54. The van der Waals surface area contributed by atoms with Gasteiger partial charge >= 0.3 is 0 Å². The topological polar surface area (TPSA) is 59.1 Å². The van der Waals surface area contributed by atoms with E-state index < -0.39 is 10.0 Å². The molecule has 0 spiro atoms. The quantitative estimate of drug-likeness (QED) is 0.399. The third kappa shape index (κ3) is 5.07. The Morgan fingerprint density at radius 2 is 1.92 bits per heavy atom. The number of hydrogen-bond donors (Lipinski definition) is 1. The van der Waals surface area contributed by atoms with Gasteiger partial charge in [0.15, 0.2) is 4.34 Å². The average molecular weight is 407 g/mol. The van der Waals surface area contributed by atoms with Crippen LogP contribution in [-0.4, -0.2) is 19.2 Å². The summed E-state index contributed by atoms with van der Waals surface area (Å²) in [5.74, 6) is 1.05. The van der Waals surface area contributed by atoms with Gasteiger partial charge in [-0.05, 0) is 30.2 Å². The molecule has 0 amide bonds. The van der Waals surface area contributed by atoms with Crippen LogP contribution in [0.5, 0.6) is 0 Å². The monoisotopic (exact) mass is 406 g/mol. The number of thiazole rings is 1. The SMILES string of the molecule is CCCCCSc1nc2ccc(S(=O)(=O)NCc3ccccc3)cc2s1. The molecule has 0 bridgehead atoms. The van der Waals surface area contributed by atoms with Crippen LogP contribution < -0.4 is 4.72 Å². The van der Waals surface area contributed by atoms with Gasteiger partial charge in [0.05, 0.1) is 15.1 Å². The lowest BCUT2D eigenvalue weighted by molar-refractivity contribution is 0.581. The molecule has 0 aliphatic heterocycles. The van der Waals surface area contributed by atoms with Crippen molar-refractivity contribution in [3.8, 4) is 0 Å². The van der Waals surface area contributed by atoms with Crippen molar-refractivity contribution in [1.82, 2.24) is 9.71 Å². The first-order chi connectivity index (χ1) is 12.6. The van der Waals surface area contributed by atoms with Gasteiger partial charge in [0.1, 0.15) is 0 Å². The van der Waals surface area contributed by atoms with E-state index in [1.54, 1.807) is 41.3 Å². The van der Waals surface area contributed by atoms with Crippen molar-refractivity contribution in [2.45, 2.75) is 42.0 Å². The van der Waals surface area contributed by atoms with E-state index in [2.05, 4.69) is 16.6 Å². The number of rotatable bonds is 9. The predicted molar refractivity (Wildman–Crippen MR) is 110 cm³/mol. The lowest BCUT2D eigenvalue weighted by Gasteiger charge is -2.06. The number of thioether (sulfide) groups is 1. The van der Waals surface area contributed by atoms with Crippen LogP contribution in [0.3, 0.4) is 0 Å². The number of aromatic nitrogens is 1. The highest BCUT2D eigenvalue weighted by Crippen LogP contribution is 2.31. The van der Waals surface area contributed by atoms with Crippen LogP contribution in [0.1, 0.15) is 31.7 Å². The highest BCUT2D eigenvalue weighted by molar-refractivity contribution is 8.01. The number of nitrogens with one attached hydrogen (secondary N) is 1. The Morgan fingerprint density at radius 1 is 1.12 bits per heavy atom. The maximum atomic E-state index is 12.6. The van der Waals surface area contributed by atoms with E-state index in [0.29, 0.717) is 0 Å². The summed E-state index contributed by atoms with van der Waals surface area (Å²) in [5, 5.41) is 0. The number of nitrogens with zero attached hydrogens (tertiary/aromatic N) is 1. The fourth-order valence-electron chi connectivity index (χ4n) is 2.48. The van der Waals surface area contributed by atoms with Gasteiger partial charge in [-0.1, -0.05) is 61.9 Å². The zero-order valence-electron chi connectivity index (χ0n) is 14.6. The number of hydrogen-bond acceptors (Lipinski definition) is 5. The van der Waals surface area contributed by atoms with Gasteiger partial charge in [-0.2, -0.15) is 0 Å². The van der Waals surface area contributed by atoms with Crippen LogP contribution in [0.25, 0.3) is 10.2 Å². The largest absolute Gasteiger partial charge is 0.240 e. The first kappa shape index (κ1) is 19.4. The minimum Gasteiger partial charge on any atom is -0.230 e. The molecule has 3 rings (SSSR count). The van der Waals surface area contributed by atoms with Crippen LogP contribution in [0.15, 0.2) is 57.8 Å². The lowest BCUT2D eigenvalue weighted by Crippen LogP contribution is -2.23. The Morgan fingerprint density at radius 3 is 2.69 bits per heavy atom. The molecule has 2 aromatic carbocycles. The normalized spacial score (nSPS) is 11.9. The van der Waals surface area contributed by atoms with Crippen molar-refractivity contribution < 1.29 is 8.42 Å². The minimum absolute atomic E-state index is 0.280. The van der Waals surface area contributed by atoms with Crippen molar-refractivity contribution in [2.75, 3.05) is 5.75 Å². The summed E-state index contributed by atoms with van der Waals surface area (Å²) >= 11 is 3.31. The van der Waals surface area contributed by atoms with Crippen LogP contribution in [0.2, 0.25) is 0 Å². The van der Waals surface area contributed by atoms with Gasteiger partial charge in [-0.25, -0.2) is 18.1 Å². The van der Waals surface area contributed by atoms with Crippen LogP contribution in [-0.2, 0) is 16.6 Å². The molecule has 0 fully saturated rings. The second kappa shape index (κ2) is 8.99. The molecule has 0 unspecified atom stereocenters. The van der Waals surface area contributed by atoms with Crippen molar-refractivity contribution in [1.29, 1.82) is 0 Å². The molecule has 0 radical (unpaired) electrons. The molecule has 1 heterocycles. The Hall–Kier alpha value is -1.41. The van der Waals surface area contributed by atoms with Crippen molar-refractivity contribution >= 4 is 43.3 Å². The van der Waals surface area contributed by atoms with E-state index in [1.807, 2.05) is 30.3 Å². The molecule has 0 saturated heterocycles. The summed E-state index contributed by atoms with van der Waals surface area (Å²) in [6, 6.07) is 14.6. The summed E-state index contributed by atoms with van der Waals surface area (Å²) in [6.07, 6.45) is 3.62. The lowest BCUT2D eigenvalue weighted by atomic mass is 10.2. The summed E-state index contributed by atoms with van der Waals surface area (Å²) < 4.78 is 29.7. The summed E-state index contributed by atoms with van der Waals surface area (Å²) in [7, 11) is -3.54. The Balaban J connectivity index is 1.70. The van der Waals surface area contributed by atoms with E-state index in [4.69, 9.17) is 0 Å². The Kier molecular flexibility index (Phi) is 6.69. The summed E-state index contributed by atoms with van der Waals surface area (Å²) in [5.41, 5.74) is 1.79. The average Bonchev–Trinajstić information content (AvgIpc) is 3.06. The molecule has 0 aliphatic carbocycles. The van der Waals surface area contributed by atoms with Crippen LogP contribution >= 0.6 is 23.1 Å². The molecule has 0 atom stereocenters. The van der Waals surface area contributed by atoms with Gasteiger partial charge in [0, 0.05) is 12.3 Å². The van der Waals surface area contributed by atoms with Gasteiger partial charge in [-0.15, -0.1) is 11.3 Å². The van der Waals surface area contributed by atoms with E-state index in [0.717, 1.165) is 25.9 Å². The molecule has 1 N–H and O–H groups in total. The van der Waals surface area contributed by atoms with Crippen molar-refractivity contribution in [2.24, 2.45) is 0 Å². The second-order valence-electron chi connectivity index (χ2n) is 5.98. The van der Waals surface area contributed by atoms with Gasteiger partial charge in [0.2, 0.25) is 10.0 Å². The van der Waals surface area contributed by atoms with Gasteiger partial charge in [0.25, 0.3) is 0 Å². The number of sulfonamides is 1. The zero-order valence-corrected chi connectivity index (χ0v) is 17.1. The second-order valence-corrected chi connectivity index (χ2v) is 10.1. The molecule has 0 saturated carbocycles. The molecular formula is C19H22N2O2S3. The third-order valence-corrected chi connectivity index (χ3v) is 7.58. The molecule has 7 heteroatoms. The molecular weight excluding hydrogens is 384 g/mol. The van der Waals surface area contributed by atoms with E-state index in [9.17, 15) is 8.42 Å². The molecule has 0 aliphatic rings. The van der Waals surface area contributed by atoms with Crippen LogP contribution in [0, 0.1) is 0 Å². The van der Waals surface area contributed by atoms with E-state index in [-0.39, 0.29) is 11.4 Å². The predicted octanol–water partition coefficient (Wildman–Crippen LogP) is 5.06. The Bertz CT molecular complexity index is 953. The first-order valence-corrected chi connectivity index (χ1v) is 11.9. The third-order valence-electron chi connectivity index (χ3n) is 3.93. The first-order valence-electron chi connectivity index (χ1n) is 8.65. The number of benzene rings is 2. The maximum Gasteiger partial charge on any atom is 0.240 e. The van der Waals surface area contributed by atoms with Crippen LogP contribution in [0.4, 0.5) is 0 Å². The summed E-state index contributed by atoms with van der Waals surface area (Å²) in [6.45, 7) is 2.47. The molecule has 4 nitrogen and oxygen atoms in total. The fourth-order valence-corrected chi connectivity index (χ4v) is 5.78. The molecule has 138 valence electrons. The smallest absolute Gasteiger partial charge is 0.230 e. The van der Waals surface area contributed by atoms with E-state index in [1.165, 1.54) is 19.3 Å². The zero-order chi connectivity index (χ0) is 18.4. The molecule has 3 aromatic rings. The highest BCUT2D eigenvalue weighted by Gasteiger charge is 2.15. The van der Waals surface area contributed by atoms with Crippen molar-refractivity contribution in [3.63, 3.8) is 0 Å². The number of fused-ring (bicyclic) bond motifs is 1. The summed E-state index contributed by atoms with van der Waals surface area (Å²) in [4.78, 5) is 4.88. The fraction of sp³-hybridized carbons (Fsp3) is 0.316. The van der Waals surface area contributed by atoms with Crippen molar-refractivity contribution in [3.05, 3.63) is 54.1 Å².